The van der Waals surface area contributed by atoms with Crippen molar-refractivity contribution in [2.45, 2.75) is 37.9 Å². The molecule has 1 saturated heterocycles. The van der Waals surface area contributed by atoms with Gasteiger partial charge in [-0.3, -0.25) is 0 Å². The Labute approximate surface area is 78.5 Å². The van der Waals surface area contributed by atoms with Gasteiger partial charge >= 0.3 is 7.75 Å². The van der Waals surface area contributed by atoms with Gasteiger partial charge in [0.1, 0.15) is 7.85 Å². The van der Waals surface area contributed by atoms with E-state index in [0.717, 1.165) is 0 Å². The molecule has 0 aromatic heterocycles. The second-order valence-corrected chi connectivity index (χ2v) is 4.48. The zero-order chi connectivity index (χ0) is 10.1. The van der Waals surface area contributed by atoms with Gasteiger partial charge in [0.15, 0.2) is 0 Å². The lowest BCUT2D eigenvalue weighted by molar-refractivity contribution is 0.0773. The lowest BCUT2D eigenvalue weighted by atomic mass is 9.95. The Hall–Kier alpha value is 0.135. The summed E-state index contributed by atoms with van der Waals surface area (Å²) in [5.41, 5.74) is 0. The van der Waals surface area contributed by atoms with Gasteiger partial charge in [0.2, 0.25) is 0 Å². The van der Waals surface area contributed by atoms with Crippen molar-refractivity contribution in [2.75, 3.05) is 0 Å². The molecule has 74 valence electrons. The van der Waals surface area contributed by atoms with Crippen LogP contribution in [0.25, 0.3) is 0 Å². The summed E-state index contributed by atoms with van der Waals surface area (Å²) >= 11 is 0. The van der Waals surface area contributed by atoms with Crippen LogP contribution < -0.4 is 5.09 Å². The molecule has 1 rings (SSSR count). The molecule has 3 atom stereocenters. The Kier molecular flexibility index (Phi) is 3.54. The van der Waals surface area contributed by atoms with Gasteiger partial charge in [0, 0.05) is 12.0 Å². The normalized spacial score (nSPS) is 35.2. The van der Waals surface area contributed by atoms with Crippen LogP contribution in [0.4, 0.5) is 0 Å². The maximum Gasteiger partial charge on any atom is 0.400 e. The first-order valence-electron chi connectivity index (χ1n) is 4.16. The standard InChI is InChI=1S/C6H13BNO4P/c1-2-5-4(3-6(7)12-5)8-13(9,10)11/h4-6H,2-3H2,1H3,(H3,8,9,10,11)/t4?,5-,6-/m1/s1. The fourth-order valence-corrected chi connectivity index (χ4v) is 2.21. The zero-order valence-corrected chi connectivity index (χ0v) is 8.28. The highest BCUT2D eigenvalue weighted by atomic mass is 31.2. The average Bonchev–Trinajstić information content (AvgIpc) is 2.27. The molecule has 0 aromatic carbocycles. The smallest absolute Gasteiger partial charge is 0.383 e. The number of ether oxygens (including phenoxy) is 1. The summed E-state index contributed by atoms with van der Waals surface area (Å²) in [6.07, 6.45) is 0.914. The SMILES string of the molecule is [B][C@H]1CC(NP(=O)(O)O)[C@@H](CC)O1. The van der Waals surface area contributed by atoms with Gasteiger partial charge in [-0.05, 0) is 12.8 Å². The number of hydrogen-bond donors (Lipinski definition) is 3. The predicted molar refractivity (Wildman–Crippen MR) is 48.3 cm³/mol. The molecule has 0 saturated carbocycles. The van der Waals surface area contributed by atoms with Crippen molar-refractivity contribution < 1.29 is 19.1 Å². The molecule has 7 heteroatoms. The highest BCUT2D eigenvalue weighted by Gasteiger charge is 2.34. The highest BCUT2D eigenvalue weighted by molar-refractivity contribution is 7.49. The Morgan fingerprint density at radius 3 is 2.77 bits per heavy atom. The lowest BCUT2D eigenvalue weighted by Crippen LogP contribution is -2.33. The van der Waals surface area contributed by atoms with Crippen LogP contribution in [0.15, 0.2) is 0 Å². The monoisotopic (exact) mass is 205 g/mol. The summed E-state index contributed by atoms with van der Waals surface area (Å²) in [4.78, 5) is 17.4. The van der Waals surface area contributed by atoms with Gasteiger partial charge in [-0.1, -0.05) is 6.92 Å². The fraction of sp³-hybridized carbons (Fsp3) is 1.00. The number of rotatable bonds is 3. The first-order valence-corrected chi connectivity index (χ1v) is 5.78. The van der Waals surface area contributed by atoms with Crippen molar-refractivity contribution in [1.29, 1.82) is 0 Å². The van der Waals surface area contributed by atoms with E-state index in [1.807, 2.05) is 6.92 Å². The van der Waals surface area contributed by atoms with Gasteiger partial charge < -0.3 is 14.5 Å². The van der Waals surface area contributed by atoms with Crippen LogP contribution in [0.5, 0.6) is 0 Å². The summed E-state index contributed by atoms with van der Waals surface area (Å²) in [7, 11) is 1.32. The molecule has 1 aliphatic rings. The molecule has 1 aliphatic heterocycles. The third kappa shape index (κ3) is 3.40. The van der Waals surface area contributed by atoms with Crippen molar-refractivity contribution in [1.82, 2.24) is 5.09 Å². The fourth-order valence-electron chi connectivity index (χ4n) is 1.51. The van der Waals surface area contributed by atoms with Crippen LogP contribution in [0.2, 0.25) is 0 Å². The molecule has 1 heterocycles. The van der Waals surface area contributed by atoms with Gasteiger partial charge in [0.05, 0.1) is 6.10 Å². The molecule has 13 heavy (non-hydrogen) atoms. The maximum atomic E-state index is 10.6. The molecular weight excluding hydrogens is 192 g/mol. The highest BCUT2D eigenvalue weighted by Crippen LogP contribution is 2.33. The van der Waals surface area contributed by atoms with Crippen molar-refractivity contribution in [2.24, 2.45) is 0 Å². The summed E-state index contributed by atoms with van der Waals surface area (Å²) in [5, 5.41) is 2.21. The minimum Gasteiger partial charge on any atom is -0.383 e. The van der Waals surface area contributed by atoms with Crippen molar-refractivity contribution >= 4 is 15.6 Å². The lowest BCUT2D eigenvalue weighted by Gasteiger charge is -2.18. The molecule has 0 amide bonds. The zero-order valence-electron chi connectivity index (χ0n) is 7.38. The van der Waals surface area contributed by atoms with Gasteiger partial charge in [-0.2, -0.15) is 0 Å². The molecule has 0 aliphatic carbocycles. The molecule has 3 N–H and O–H groups in total. The largest absolute Gasteiger partial charge is 0.400 e. The van der Waals surface area contributed by atoms with E-state index in [0.29, 0.717) is 12.8 Å². The van der Waals surface area contributed by atoms with Crippen molar-refractivity contribution in [3.05, 3.63) is 0 Å². The van der Waals surface area contributed by atoms with E-state index in [9.17, 15) is 4.57 Å². The Bertz CT molecular complexity index is 221. The first kappa shape index (κ1) is 11.2. The number of nitrogens with one attached hydrogen (secondary N) is 1. The molecule has 1 unspecified atom stereocenters. The molecule has 0 bridgehead atoms. The predicted octanol–water partition coefficient (Wildman–Crippen LogP) is -0.269. The minimum atomic E-state index is -4.18. The molecule has 0 aromatic rings. The van der Waals surface area contributed by atoms with E-state index in [1.165, 1.54) is 0 Å². The molecule has 1 fully saturated rings. The van der Waals surface area contributed by atoms with E-state index >= 15 is 0 Å². The minimum absolute atomic E-state index is 0.206. The maximum absolute atomic E-state index is 10.6. The first-order chi connectivity index (χ1) is 5.92. The summed E-state index contributed by atoms with van der Waals surface area (Å²) in [5.74, 6) is 0. The van der Waals surface area contributed by atoms with Crippen molar-refractivity contribution in [3.8, 4) is 0 Å². The molecule has 0 spiro atoms. The summed E-state index contributed by atoms with van der Waals surface area (Å²) in [6.45, 7) is 1.89. The van der Waals surface area contributed by atoms with E-state index in [2.05, 4.69) is 5.09 Å². The van der Waals surface area contributed by atoms with E-state index in [1.54, 1.807) is 0 Å². The van der Waals surface area contributed by atoms with E-state index < -0.39 is 13.7 Å². The summed E-state index contributed by atoms with van der Waals surface area (Å²) in [6, 6.07) is -0.769. The topological polar surface area (TPSA) is 78.8 Å². The van der Waals surface area contributed by atoms with Gasteiger partial charge in [-0.15, -0.1) is 0 Å². The van der Waals surface area contributed by atoms with Crippen LogP contribution in [-0.4, -0.2) is 35.8 Å². The van der Waals surface area contributed by atoms with Gasteiger partial charge in [0.25, 0.3) is 0 Å². The van der Waals surface area contributed by atoms with Crippen LogP contribution >= 0.6 is 7.75 Å². The van der Waals surface area contributed by atoms with Crippen LogP contribution in [0.1, 0.15) is 19.8 Å². The van der Waals surface area contributed by atoms with Crippen molar-refractivity contribution in [3.63, 3.8) is 0 Å². The Morgan fingerprint density at radius 2 is 2.31 bits per heavy atom. The van der Waals surface area contributed by atoms with E-state index in [4.69, 9.17) is 22.4 Å². The number of hydrogen-bond acceptors (Lipinski definition) is 2. The van der Waals surface area contributed by atoms with Crippen LogP contribution in [0, 0.1) is 0 Å². The average molecular weight is 205 g/mol. The third-order valence-electron chi connectivity index (χ3n) is 2.02. The van der Waals surface area contributed by atoms with Gasteiger partial charge in [-0.25, -0.2) is 9.65 Å². The third-order valence-corrected chi connectivity index (χ3v) is 2.69. The Balaban J connectivity index is 2.54. The van der Waals surface area contributed by atoms with Crippen LogP contribution in [0.3, 0.4) is 0 Å². The van der Waals surface area contributed by atoms with E-state index in [-0.39, 0.29) is 12.1 Å². The molecule has 2 radical (unpaired) electrons. The van der Waals surface area contributed by atoms with Crippen LogP contribution in [-0.2, 0) is 9.30 Å². The second kappa shape index (κ2) is 4.11. The quantitative estimate of drug-likeness (QED) is 0.436. The Morgan fingerprint density at radius 1 is 1.69 bits per heavy atom. The summed E-state index contributed by atoms with van der Waals surface area (Å²) < 4.78 is 15.9. The second-order valence-electron chi connectivity index (χ2n) is 3.14. The molecule has 5 nitrogen and oxygen atoms in total. The molecular formula is C6H13BNO4P.